The number of nitro benzene ring substituents is 1. The van der Waals surface area contributed by atoms with Crippen LogP contribution < -0.4 is 0 Å². The van der Waals surface area contributed by atoms with Gasteiger partial charge in [-0.3, -0.25) is 14.7 Å². The largest absolute Gasteiger partial charge is 0.329 e. The number of carbonyl (C=O) groups excluding carboxylic acids is 1. The topological polar surface area (TPSA) is 84.5 Å². The van der Waals surface area contributed by atoms with Gasteiger partial charge in [-0.05, 0) is 19.4 Å². The first-order valence-electron chi connectivity index (χ1n) is 8.78. The fourth-order valence-corrected chi connectivity index (χ4v) is 3.32. The minimum Gasteiger partial charge on any atom is -0.324 e. The van der Waals surface area contributed by atoms with Gasteiger partial charge in [0.05, 0.1) is 10.6 Å². The Labute approximate surface area is 152 Å². The summed E-state index contributed by atoms with van der Waals surface area (Å²) in [6.45, 7) is 5.19. The van der Waals surface area contributed by atoms with E-state index in [1.807, 2.05) is 7.05 Å². The number of rotatable bonds is 4. The molecule has 2 aromatic rings. The van der Waals surface area contributed by atoms with E-state index in [1.165, 1.54) is 23.0 Å². The number of nitro groups is 1. The summed E-state index contributed by atoms with van der Waals surface area (Å²) >= 11 is 0. The Kier molecular flexibility index (Phi) is 5.32. The van der Waals surface area contributed by atoms with Crippen LogP contribution >= 0.6 is 0 Å². The molecule has 1 aliphatic rings. The minimum absolute atomic E-state index is 0.00294. The van der Waals surface area contributed by atoms with Gasteiger partial charge < -0.3 is 9.80 Å². The molecule has 0 saturated carbocycles. The van der Waals surface area contributed by atoms with E-state index in [0.29, 0.717) is 11.3 Å². The molecule has 0 spiro atoms. The van der Waals surface area contributed by atoms with Crippen LogP contribution in [-0.2, 0) is 0 Å². The van der Waals surface area contributed by atoms with Crippen molar-refractivity contribution in [2.24, 2.45) is 0 Å². The summed E-state index contributed by atoms with van der Waals surface area (Å²) in [5, 5.41) is 10.9. The van der Waals surface area contributed by atoms with Crippen LogP contribution in [0.5, 0.6) is 0 Å². The van der Waals surface area contributed by atoms with Gasteiger partial charge in [0.15, 0.2) is 0 Å². The van der Waals surface area contributed by atoms with E-state index in [1.54, 1.807) is 23.2 Å². The number of amides is 1. The van der Waals surface area contributed by atoms with E-state index in [-0.39, 0.29) is 17.8 Å². The monoisotopic (exact) mass is 357 g/mol. The van der Waals surface area contributed by atoms with Crippen LogP contribution in [0.25, 0.3) is 11.3 Å². The van der Waals surface area contributed by atoms with Gasteiger partial charge in [0.2, 0.25) is 0 Å². The lowest BCUT2D eigenvalue weighted by Gasteiger charge is -2.36. The van der Waals surface area contributed by atoms with Crippen molar-refractivity contribution in [3.8, 4) is 11.3 Å². The molecular formula is C18H23N5O3. The van der Waals surface area contributed by atoms with Gasteiger partial charge in [-0.25, -0.2) is 9.78 Å². The SMILES string of the molecule is CCN1CCC(N(C)C(=O)n2cnc(-c3cccc([N+](=O)[O-])c3)c2)CC1. The van der Waals surface area contributed by atoms with Crippen LogP contribution in [-0.4, -0.2) is 63.0 Å². The van der Waals surface area contributed by atoms with Crippen LogP contribution in [0.3, 0.4) is 0 Å². The molecule has 1 aromatic heterocycles. The summed E-state index contributed by atoms with van der Waals surface area (Å²) in [5.41, 5.74) is 1.16. The van der Waals surface area contributed by atoms with Crippen molar-refractivity contribution in [2.45, 2.75) is 25.8 Å². The smallest absolute Gasteiger partial charge is 0.324 e. The van der Waals surface area contributed by atoms with Gasteiger partial charge in [0.25, 0.3) is 5.69 Å². The van der Waals surface area contributed by atoms with Gasteiger partial charge >= 0.3 is 6.03 Å². The molecule has 2 heterocycles. The number of likely N-dealkylation sites (tertiary alicyclic amines) is 1. The quantitative estimate of drug-likeness (QED) is 0.620. The van der Waals surface area contributed by atoms with Crippen molar-refractivity contribution in [2.75, 3.05) is 26.7 Å². The number of benzene rings is 1. The van der Waals surface area contributed by atoms with E-state index in [0.717, 1.165) is 32.5 Å². The average molecular weight is 357 g/mol. The molecule has 138 valence electrons. The fraction of sp³-hybridized carbons (Fsp3) is 0.444. The lowest BCUT2D eigenvalue weighted by Crippen LogP contribution is -2.46. The summed E-state index contributed by atoms with van der Waals surface area (Å²) in [5.74, 6) is 0. The van der Waals surface area contributed by atoms with Gasteiger partial charge in [-0.2, -0.15) is 0 Å². The zero-order valence-corrected chi connectivity index (χ0v) is 15.0. The number of non-ortho nitro benzene ring substituents is 1. The summed E-state index contributed by atoms with van der Waals surface area (Å²) in [6, 6.07) is 6.33. The van der Waals surface area contributed by atoms with E-state index >= 15 is 0 Å². The highest BCUT2D eigenvalue weighted by molar-refractivity contribution is 5.78. The predicted octanol–water partition coefficient (Wildman–Crippen LogP) is 2.84. The first kappa shape index (κ1) is 18.1. The van der Waals surface area contributed by atoms with Crippen LogP contribution in [0.2, 0.25) is 0 Å². The molecule has 1 aliphatic heterocycles. The van der Waals surface area contributed by atoms with Crippen LogP contribution in [0.15, 0.2) is 36.8 Å². The number of nitrogens with zero attached hydrogens (tertiary/aromatic N) is 5. The molecule has 0 atom stereocenters. The van der Waals surface area contributed by atoms with Crippen molar-refractivity contribution >= 4 is 11.7 Å². The molecule has 0 unspecified atom stereocenters. The second kappa shape index (κ2) is 7.65. The van der Waals surface area contributed by atoms with Crippen molar-refractivity contribution in [3.05, 3.63) is 46.9 Å². The fourth-order valence-electron chi connectivity index (χ4n) is 3.32. The molecular weight excluding hydrogens is 334 g/mol. The van der Waals surface area contributed by atoms with E-state index in [2.05, 4.69) is 16.8 Å². The summed E-state index contributed by atoms with van der Waals surface area (Å²) in [6.07, 6.45) is 5.01. The Hall–Kier alpha value is -2.74. The third-order valence-electron chi connectivity index (χ3n) is 5.01. The highest BCUT2D eigenvalue weighted by Gasteiger charge is 2.25. The normalized spacial score (nSPS) is 15.8. The average Bonchev–Trinajstić information content (AvgIpc) is 3.17. The molecule has 1 amide bonds. The van der Waals surface area contributed by atoms with Crippen molar-refractivity contribution in [1.29, 1.82) is 0 Å². The molecule has 0 bridgehead atoms. The number of piperidine rings is 1. The first-order valence-corrected chi connectivity index (χ1v) is 8.78. The number of carbonyl (C=O) groups is 1. The van der Waals surface area contributed by atoms with Crippen molar-refractivity contribution in [1.82, 2.24) is 19.4 Å². The highest BCUT2D eigenvalue weighted by atomic mass is 16.6. The standard InChI is InChI=1S/C18H23N5O3/c1-3-21-9-7-15(8-10-21)20(2)18(24)22-12-17(19-13-22)14-5-4-6-16(11-14)23(25)26/h4-6,11-13,15H,3,7-10H2,1-2H3. The van der Waals surface area contributed by atoms with E-state index in [9.17, 15) is 14.9 Å². The Balaban J connectivity index is 1.72. The molecule has 1 fully saturated rings. The van der Waals surface area contributed by atoms with Gasteiger partial charge in [0, 0.05) is 50.1 Å². The van der Waals surface area contributed by atoms with Crippen LogP contribution in [0, 0.1) is 10.1 Å². The molecule has 3 rings (SSSR count). The van der Waals surface area contributed by atoms with Crippen molar-refractivity contribution < 1.29 is 9.72 Å². The molecule has 1 saturated heterocycles. The lowest BCUT2D eigenvalue weighted by molar-refractivity contribution is -0.384. The maximum absolute atomic E-state index is 12.7. The number of aromatic nitrogens is 2. The molecule has 8 heteroatoms. The summed E-state index contributed by atoms with van der Waals surface area (Å²) in [4.78, 5) is 31.6. The first-order chi connectivity index (χ1) is 12.5. The van der Waals surface area contributed by atoms with Crippen LogP contribution in [0.4, 0.5) is 10.5 Å². The van der Waals surface area contributed by atoms with Gasteiger partial charge in [0.1, 0.15) is 6.33 Å². The molecule has 0 aliphatic carbocycles. The number of hydrogen-bond donors (Lipinski definition) is 0. The van der Waals surface area contributed by atoms with Crippen LogP contribution in [0.1, 0.15) is 19.8 Å². The van der Waals surface area contributed by atoms with Crippen molar-refractivity contribution in [3.63, 3.8) is 0 Å². The summed E-state index contributed by atoms with van der Waals surface area (Å²) in [7, 11) is 1.82. The highest BCUT2D eigenvalue weighted by Crippen LogP contribution is 2.23. The van der Waals surface area contributed by atoms with E-state index < -0.39 is 4.92 Å². The Morgan fingerprint density at radius 2 is 2.12 bits per heavy atom. The molecule has 0 radical (unpaired) electrons. The van der Waals surface area contributed by atoms with E-state index in [4.69, 9.17) is 0 Å². The zero-order chi connectivity index (χ0) is 18.7. The van der Waals surface area contributed by atoms with Gasteiger partial charge in [-0.15, -0.1) is 0 Å². The maximum Gasteiger partial charge on any atom is 0.329 e. The third kappa shape index (κ3) is 3.75. The Bertz CT molecular complexity index is 796. The number of hydrogen-bond acceptors (Lipinski definition) is 5. The maximum atomic E-state index is 12.7. The second-order valence-corrected chi connectivity index (χ2v) is 6.53. The molecule has 0 N–H and O–H groups in total. The van der Waals surface area contributed by atoms with Gasteiger partial charge in [-0.1, -0.05) is 19.1 Å². The lowest BCUT2D eigenvalue weighted by atomic mass is 10.0. The Morgan fingerprint density at radius 3 is 2.77 bits per heavy atom. The minimum atomic E-state index is -0.442. The molecule has 1 aromatic carbocycles. The second-order valence-electron chi connectivity index (χ2n) is 6.53. The summed E-state index contributed by atoms with van der Waals surface area (Å²) < 4.78 is 1.44. The third-order valence-corrected chi connectivity index (χ3v) is 5.01. The number of imidazole rings is 1. The molecule has 8 nitrogen and oxygen atoms in total. The predicted molar refractivity (Wildman–Crippen MR) is 98.0 cm³/mol. The Morgan fingerprint density at radius 1 is 1.38 bits per heavy atom. The zero-order valence-electron chi connectivity index (χ0n) is 15.0. The molecule has 26 heavy (non-hydrogen) atoms.